The molecule has 0 saturated heterocycles. The van der Waals surface area contributed by atoms with Crippen molar-refractivity contribution in [2.24, 2.45) is 0 Å². The van der Waals surface area contributed by atoms with Crippen LogP contribution in [0.15, 0.2) is 12.2 Å². The van der Waals surface area contributed by atoms with Crippen molar-refractivity contribution in [3.05, 3.63) is 12.2 Å². The van der Waals surface area contributed by atoms with Gasteiger partial charge in [-0.2, -0.15) is 0 Å². The summed E-state index contributed by atoms with van der Waals surface area (Å²) in [5.41, 5.74) is 0. The molecule has 7 heteroatoms. The molecule has 0 aromatic heterocycles. The van der Waals surface area contributed by atoms with Gasteiger partial charge in [-0.05, 0) is 32.6 Å². The average Bonchev–Trinajstić information content (AvgIpc) is 2.86. The van der Waals surface area contributed by atoms with Crippen LogP contribution < -0.4 is 0 Å². The number of carboxylic acids is 3. The van der Waals surface area contributed by atoms with E-state index < -0.39 is 40.5 Å². The van der Waals surface area contributed by atoms with Crippen molar-refractivity contribution in [1.29, 1.82) is 0 Å². The number of hydrogen-bond donors (Lipinski definition) is 3. The second kappa shape index (κ2) is 22.0. The minimum atomic E-state index is -1.11. The number of unbranched alkanes of at least 4 members (excludes halogenated alkanes) is 14. The van der Waals surface area contributed by atoms with Crippen LogP contribution in [0.5, 0.6) is 0 Å². The van der Waals surface area contributed by atoms with Crippen molar-refractivity contribution in [2.75, 3.05) is 6.54 Å². The molecule has 0 aliphatic heterocycles. The highest BCUT2D eigenvalue weighted by atomic mass is 16.4. The van der Waals surface area contributed by atoms with Crippen molar-refractivity contribution in [1.82, 2.24) is 0 Å². The van der Waals surface area contributed by atoms with E-state index in [1.165, 1.54) is 70.6 Å². The van der Waals surface area contributed by atoms with Gasteiger partial charge in [-0.1, -0.05) is 104 Å². The number of nitrogens with zero attached hydrogens (tertiary/aromatic N) is 1. The highest BCUT2D eigenvalue weighted by molar-refractivity contribution is 5.78. The summed E-state index contributed by atoms with van der Waals surface area (Å²) < 4.78 is -0.403. The minimum Gasteiger partial charge on any atom is -0.477 e. The smallest absolute Gasteiger partial charge is 0.362 e. The van der Waals surface area contributed by atoms with Gasteiger partial charge in [0.2, 0.25) is 0 Å². The Morgan fingerprint density at radius 2 is 0.842 bits per heavy atom. The van der Waals surface area contributed by atoms with Crippen molar-refractivity contribution in [2.45, 2.75) is 161 Å². The number of rotatable bonds is 26. The fourth-order valence-corrected chi connectivity index (χ4v) is 6.22. The molecule has 0 aromatic rings. The average molecular weight is 541 g/mol. The molecule has 0 aromatic carbocycles. The lowest BCUT2D eigenvalue weighted by atomic mass is 9.93. The van der Waals surface area contributed by atoms with Crippen LogP contribution in [0.25, 0.3) is 0 Å². The van der Waals surface area contributed by atoms with Crippen molar-refractivity contribution >= 4 is 17.9 Å². The molecule has 0 amide bonds. The molecule has 0 spiro atoms. The summed E-state index contributed by atoms with van der Waals surface area (Å²) in [5, 5.41) is 30.0. The zero-order chi connectivity index (χ0) is 28.8. The number of quaternary nitrogens is 1. The predicted molar refractivity (Wildman–Crippen MR) is 154 cm³/mol. The number of carboxylic acid groups (broad SMARTS) is 3. The monoisotopic (exact) mass is 540 g/mol. The lowest BCUT2D eigenvalue weighted by Gasteiger charge is -2.49. The Morgan fingerprint density at radius 1 is 0.553 bits per heavy atom. The van der Waals surface area contributed by atoms with Crippen molar-refractivity contribution in [3.8, 4) is 0 Å². The Hall–Kier alpha value is -1.89. The van der Waals surface area contributed by atoms with Gasteiger partial charge in [-0.3, -0.25) is 4.48 Å². The maximum Gasteiger partial charge on any atom is 0.362 e. The second-order valence-corrected chi connectivity index (χ2v) is 10.8. The first kappa shape index (κ1) is 36.1. The fraction of sp³-hybridized carbons (Fsp3) is 0.839. The molecule has 0 rings (SSSR count). The molecule has 0 fully saturated rings. The van der Waals surface area contributed by atoms with E-state index >= 15 is 0 Å². The van der Waals surface area contributed by atoms with Crippen LogP contribution in [0.2, 0.25) is 0 Å². The van der Waals surface area contributed by atoms with E-state index in [-0.39, 0.29) is 25.8 Å². The summed E-state index contributed by atoms with van der Waals surface area (Å²) in [7, 11) is 0. The van der Waals surface area contributed by atoms with Gasteiger partial charge in [0.15, 0.2) is 18.1 Å². The zero-order valence-corrected chi connectivity index (χ0v) is 24.8. The Bertz CT molecular complexity index is 622. The first-order valence-corrected chi connectivity index (χ1v) is 15.4. The van der Waals surface area contributed by atoms with E-state index in [0.29, 0.717) is 6.42 Å². The second-order valence-electron chi connectivity index (χ2n) is 10.8. The normalized spacial score (nSPS) is 15.7. The molecular weight excluding hydrogens is 482 g/mol. The third kappa shape index (κ3) is 12.8. The molecule has 0 heterocycles. The molecule has 0 bridgehead atoms. The molecule has 0 saturated carbocycles. The Balaban J connectivity index is 4.62. The summed E-state index contributed by atoms with van der Waals surface area (Å²) >= 11 is 0. The standard InChI is InChI=1S/C31H57NO6/c1-5-9-10-11-12-13-14-15-16-17-18-19-20-21-22-23-24-25-32(26(6-2)29(33)34,27(7-3)30(35)36)28(8-4)31(37)38/h5,9,26-28H,6-8,10-25H2,1-4H3,(H2-,33,34,35,36,37,38)/p+1/b9-5+. The number of carbonyl (C=O) groups is 3. The number of allylic oxidation sites excluding steroid dienone is 2. The van der Waals surface area contributed by atoms with E-state index in [0.717, 1.165) is 19.3 Å². The summed E-state index contributed by atoms with van der Waals surface area (Å²) in [4.78, 5) is 36.7. The van der Waals surface area contributed by atoms with Gasteiger partial charge in [0.25, 0.3) is 0 Å². The summed E-state index contributed by atoms with van der Waals surface area (Å²) in [6, 6.07) is -3.18. The van der Waals surface area contributed by atoms with Crippen LogP contribution in [0.3, 0.4) is 0 Å². The lowest BCUT2D eigenvalue weighted by Crippen LogP contribution is -2.72. The van der Waals surface area contributed by atoms with Gasteiger partial charge >= 0.3 is 17.9 Å². The maximum absolute atomic E-state index is 12.2. The van der Waals surface area contributed by atoms with Gasteiger partial charge < -0.3 is 15.3 Å². The minimum absolute atomic E-state index is 0.194. The molecule has 3 atom stereocenters. The van der Waals surface area contributed by atoms with E-state index in [9.17, 15) is 29.7 Å². The van der Waals surface area contributed by atoms with Gasteiger partial charge in [0.05, 0.1) is 6.54 Å². The third-order valence-corrected chi connectivity index (χ3v) is 8.16. The number of aliphatic carboxylic acids is 3. The first-order chi connectivity index (χ1) is 18.2. The SMILES string of the molecule is C/C=C/CCCCCCCCCCCCCCCC[N+](C(CC)C(=O)O)(C(CC)C(=O)O)C(CC)C(=O)O. The largest absolute Gasteiger partial charge is 0.477 e. The molecule has 38 heavy (non-hydrogen) atoms. The predicted octanol–water partition coefficient (Wildman–Crippen LogP) is 7.82. The Kier molecular flexibility index (Phi) is 20.9. The van der Waals surface area contributed by atoms with E-state index in [2.05, 4.69) is 19.1 Å². The molecule has 0 radical (unpaired) electrons. The first-order valence-electron chi connectivity index (χ1n) is 15.4. The van der Waals surface area contributed by atoms with Gasteiger partial charge in [0, 0.05) is 19.3 Å². The Labute approximate surface area is 232 Å². The molecule has 7 nitrogen and oxygen atoms in total. The topological polar surface area (TPSA) is 112 Å². The van der Waals surface area contributed by atoms with E-state index in [4.69, 9.17) is 0 Å². The van der Waals surface area contributed by atoms with Gasteiger partial charge in [-0.15, -0.1) is 0 Å². The highest BCUT2D eigenvalue weighted by Gasteiger charge is 2.55. The van der Waals surface area contributed by atoms with Crippen LogP contribution in [0.4, 0.5) is 0 Å². The van der Waals surface area contributed by atoms with Gasteiger partial charge in [0.1, 0.15) is 0 Å². The highest BCUT2D eigenvalue weighted by Crippen LogP contribution is 2.32. The fourth-order valence-electron chi connectivity index (χ4n) is 6.22. The van der Waals surface area contributed by atoms with E-state index in [1.54, 1.807) is 20.8 Å². The van der Waals surface area contributed by atoms with Crippen molar-refractivity contribution in [3.63, 3.8) is 0 Å². The summed E-state index contributed by atoms with van der Waals surface area (Å²) in [6.07, 6.45) is 22.7. The van der Waals surface area contributed by atoms with Crippen LogP contribution in [0.1, 0.15) is 143 Å². The van der Waals surface area contributed by atoms with E-state index in [1.807, 2.05) is 0 Å². The molecular formula is C31H58NO6+. The number of hydrogen-bond acceptors (Lipinski definition) is 3. The molecule has 3 N–H and O–H groups in total. The van der Waals surface area contributed by atoms with Crippen LogP contribution in [-0.2, 0) is 14.4 Å². The van der Waals surface area contributed by atoms with Crippen LogP contribution in [0, 0.1) is 0 Å². The maximum atomic E-state index is 12.2. The summed E-state index contributed by atoms with van der Waals surface area (Å²) in [6.45, 7) is 7.46. The molecule has 222 valence electrons. The zero-order valence-electron chi connectivity index (χ0n) is 24.8. The molecule has 0 aliphatic carbocycles. The Morgan fingerprint density at radius 3 is 1.11 bits per heavy atom. The third-order valence-electron chi connectivity index (χ3n) is 8.16. The molecule has 0 aliphatic rings. The van der Waals surface area contributed by atoms with Gasteiger partial charge in [-0.25, -0.2) is 14.4 Å². The van der Waals surface area contributed by atoms with Crippen molar-refractivity contribution < 1.29 is 34.2 Å². The molecule has 3 unspecified atom stereocenters. The summed E-state index contributed by atoms with van der Waals surface area (Å²) in [5.74, 6) is -3.34. The van der Waals surface area contributed by atoms with Crippen LogP contribution in [-0.4, -0.2) is 62.4 Å². The van der Waals surface area contributed by atoms with Crippen LogP contribution >= 0.6 is 0 Å². The lowest BCUT2D eigenvalue weighted by molar-refractivity contribution is -0.973. The quantitative estimate of drug-likeness (QED) is 0.0586.